The first-order valence-electron chi connectivity index (χ1n) is 6.38. The van der Waals surface area contributed by atoms with Crippen LogP contribution in [0.3, 0.4) is 0 Å². The van der Waals surface area contributed by atoms with Gasteiger partial charge in [-0.15, -0.1) is 0 Å². The highest BCUT2D eigenvalue weighted by atomic mass is 19.1. The van der Waals surface area contributed by atoms with E-state index in [9.17, 15) is 18.8 Å². The predicted octanol–water partition coefficient (Wildman–Crippen LogP) is 0.191. The number of aromatic nitrogens is 2. The van der Waals surface area contributed by atoms with Gasteiger partial charge in [0.05, 0.1) is 18.3 Å². The summed E-state index contributed by atoms with van der Waals surface area (Å²) in [5.41, 5.74) is -2.12. The van der Waals surface area contributed by atoms with E-state index < -0.39 is 23.1 Å². The Morgan fingerprint density at radius 3 is 2.85 bits per heavy atom. The fourth-order valence-corrected chi connectivity index (χ4v) is 2.37. The maximum Gasteiger partial charge on any atom is 0.336 e. The molecular formula is C12H16FN3O4. The van der Waals surface area contributed by atoms with Crippen LogP contribution in [0.1, 0.15) is 25.7 Å². The molecule has 2 rings (SSSR count). The van der Waals surface area contributed by atoms with Crippen molar-refractivity contribution < 1.29 is 13.9 Å². The minimum atomic E-state index is -1.19. The molecule has 1 aromatic rings. The number of hydrogen-bond acceptors (Lipinski definition) is 4. The second-order valence-corrected chi connectivity index (χ2v) is 4.72. The summed E-state index contributed by atoms with van der Waals surface area (Å²) >= 11 is 0. The topological polar surface area (TPSA) is 93.2 Å². The Hall–Kier alpha value is -1.96. The lowest BCUT2D eigenvalue weighted by Gasteiger charge is -2.30. The Balaban J connectivity index is 2.17. The fourth-order valence-electron chi connectivity index (χ4n) is 2.37. The first-order valence-corrected chi connectivity index (χ1v) is 6.38. The van der Waals surface area contributed by atoms with Crippen molar-refractivity contribution in [1.29, 1.82) is 0 Å². The summed E-state index contributed by atoms with van der Waals surface area (Å²) in [6.45, 7) is 0. The quantitative estimate of drug-likeness (QED) is 0.811. The number of aromatic amines is 1. The minimum absolute atomic E-state index is 0.129. The molecule has 7 nitrogen and oxygen atoms in total. The second kappa shape index (κ2) is 6.00. The number of carbonyl (C=O) groups excluding carboxylic acids is 1. The molecule has 0 radical (unpaired) electrons. The van der Waals surface area contributed by atoms with Gasteiger partial charge in [-0.2, -0.15) is 4.39 Å². The standard InChI is InChI=1S/C12H16FN3O4/c1-20-9-5-3-2-4-8(9)14-11(18)16-6-7(13)10(17)15-12(16)19/h6,8-9H,2-5H2,1H3,(H,14,18)(H,15,17,19). The molecule has 1 saturated carbocycles. The van der Waals surface area contributed by atoms with Crippen LogP contribution in [0.2, 0.25) is 0 Å². The van der Waals surface area contributed by atoms with Gasteiger partial charge in [0.25, 0.3) is 5.56 Å². The summed E-state index contributed by atoms with van der Waals surface area (Å²) in [4.78, 5) is 36.1. The van der Waals surface area contributed by atoms with E-state index in [1.54, 1.807) is 12.1 Å². The number of carbonyl (C=O) groups is 1. The maximum absolute atomic E-state index is 13.1. The van der Waals surface area contributed by atoms with Crippen LogP contribution in [0.25, 0.3) is 0 Å². The smallest absolute Gasteiger partial charge is 0.336 e. The number of rotatable bonds is 2. The molecule has 2 unspecified atom stereocenters. The molecule has 0 aliphatic heterocycles. The molecule has 0 bridgehead atoms. The van der Waals surface area contributed by atoms with Crippen LogP contribution in [-0.2, 0) is 4.74 Å². The van der Waals surface area contributed by atoms with Gasteiger partial charge >= 0.3 is 11.7 Å². The predicted molar refractivity (Wildman–Crippen MR) is 68.3 cm³/mol. The van der Waals surface area contributed by atoms with Gasteiger partial charge in [0.1, 0.15) is 0 Å². The Bertz CT molecular complexity index is 609. The van der Waals surface area contributed by atoms with Gasteiger partial charge in [-0.05, 0) is 12.8 Å². The summed E-state index contributed by atoms with van der Waals surface area (Å²) < 4.78 is 18.9. The van der Waals surface area contributed by atoms with Crippen molar-refractivity contribution in [2.75, 3.05) is 7.11 Å². The van der Waals surface area contributed by atoms with Crippen molar-refractivity contribution in [3.63, 3.8) is 0 Å². The molecule has 1 fully saturated rings. The zero-order chi connectivity index (χ0) is 14.7. The number of ether oxygens (including phenoxy) is 1. The monoisotopic (exact) mass is 285 g/mol. The molecule has 1 aromatic heterocycles. The van der Waals surface area contributed by atoms with E-state index in [-0.39, 0.29) is 12.1 Å². The van der Waals surface area contributed by atoms with Gasteiger partial charge in [-0.3, -0.25) is 9.78 Å². The van der Waals surface area contributed by atoms with E-state index in [4.69, 9.17) is 4.74 Å². The average molecular weight is 285 g/mol. The van der Waals surface area contributed by atoms with Gasteiger partial charge in [0, 0.05) is 7.11 Å². The summed E-state index contributed by atoms with van der Waals surface area (Å²) in [6, 6.07) is -1.01. The first kappa shape index (κ1) is 14.4. The molecule has 1 aliphatic rings. The van der Waals surface area contributed by atoms with Gasteiger partial charge in [0.2, 0.25) is 5.82 Å². The van der Waals surface area contributed by atoms with Crippen LogP contribution < -0.4 is 16.6 Å². The van der Waals surface area contributed by atoms with Crippen molar-refractivity contribution in [3.05, 3.63) is 32.9 Å². The van der Waals surface area contributed by atoms with E-state index >= 15 is 0 Å². The van der Waals surface area contributed by atoms with Gasteiger partial charge < -0.3 is 10.1 Å². The van der Waals surface area contributed by atoms with Crippen LogP contribution in [0.15, 0.2) is 15.8 Å². The molecule has 2 atom stereocenters. The Morgan fingerprint density at radius 1 is 1.45 bits per heavy atom. The number of methoxy groups -OCH3 is 1. The van der Waals surface area contributed by atoms with E-state index in [1.807, 2.05) is 0 Å². The van der Waals surface area contributed by atoms with Crippen molar-refractivity contribution in [2.24, 2.45) is 0 Å². The third kappa shape index (κ3) is 2.96. The van der Waals surface area contributed by atoms with Crippen molar-refractivity contribution in [3.8, 4) is 0 Å². The lowest BCUT2D eigenvalue weighted by atomic mass is 9.92. The highest BCUT2D eigenvalue weighted by Crippen LogP contribution is 2.20. The highest BCUT2D eigenvalue weighted by Gasteiger charge is 2.27. The number of H-pyrrole nitrogens is 1. The Kier molecular flexibility index (Phi) is 4.33. The fraction of sp³-hybridized carbons (Fsp3) is 0.583. The number of nitrogens with one attached hydrogen (secondary N) is 2. The third-order valence-corrected chi connectivity index (χ3v) is 3.43. The summed E-state index contributed by atoms with van der Waals surface area (Å²) in [7, 11) is 1.56. The Morgan fingerprint density at radius 2 is 2.15 bits per heavy atom. The lowest BCUT2D eigenvalue weighted by molar-refractivity contribution is 0.0452. The van der Waals surface area contributed by atoms with Gasteiger partial charge in [-0.1, -0.05) is 12.8 Å². The van der Waals surface area contributed by atoms with Crippen molar-refractivity contribution >= 4 is 6.03 Å². The SMILES string of the molecule is COC1CCCCC1NC(=O)n1cc(F)c(=O)[nH]c1=O. The molecule has 20 heavy (non-hydrogen) atoms. The molecule has 0 saturated heterocycles. The van der Waals surface area contributed by atoms with Crippen molar-refractivity contribution in [1.82, 2.24) is 14.9 Å². The largest absolute Gasteiger partial charge is 0.379 e. The minimum Gasteiger partial charge on any atom is -0.379 e. The first-order chi connectivity index (χ1) is 9.52. The number of amides is 1. The molecule has 2 N–H and O–H groups in total. The average Bonchev–Trinajstić information content (AvgIpc) is 2.43. The van der Waals surface area contributed by atoms with Gasteiger partial charge in [0.15, 0.2) is 0 Å². The highest BCUT2D eigenvalue weighted by molar-refractivity contribution is 5.76. The normalized spacial score (nSPS) is 22.5. The Labute approximate surface area is 113 Å². The van der Waals surface area contributed by atoms with Crippen LogP contribution in [-0.4, -0.2) is 34.8 Å². The van der Waals surface area contributed by atoms with E-state index in [2.05, 4.69) is 5.32 Å². The molecule has 110 valence electrons. The zero-order valence-electron chi connectivity index (χ0n) is 11.0. The molecular weight excluding hydrogens is 269 g/mol. The number of hydrogen-bond donors (Lipinski definition) is 2. The zero-order valence-corrected chi connectivity index (χ0v) is 11.0. The molecule has 8 heteroatoms. The molecule has 0 aromatic carbocycles. The van der Waals surface area contributed by atoms with Crippen molar-refractivity contribution in [2.45, 2.75) is 37.8 Å². The van der Waals surface area contributed by atoms with Gasteiger partial charge in [-0.25, -0.2) is 14.2 Å². The number of nitrogens with zero attached hydrogens (tertiary/aromatic N) is 1. The van der Waals surface area contributed by atoms with Crippen LogP contribution >= 0.6 is 0 Å². The molecule has 0 spiro atoms. The number of halogens is 1. The van der Waals surface area contributed by atoms with E-state index in [0.29, 0.717) is 10.8 Å². The molecule has 1 amide bonds. The molecule has 1 heterocycles. The lowest BCUT2D eigenvalue weighted by Crippen LogP contribution is -2.50. The van der Waals surface area contributed by atoms with Crippen LogP contribution in [0.5, 0.6) is 0 Å². The second-order valence-electron chi connectivity index (χ2n) is 4.72. The van der Waals surface area contributed by atoms with E-state index in [0.717, 1.165) is 25.7 Å². The summed E-state index contributed by atoms with van der Waals surface area (Å²) in [6.07, 6.45) is 3.95. The molecule has 1 aliphatic carbocycles. The van der Waals surface area contributed by atoms with Crippen LogP contribution in [0.4, 0.5) is 9.18 Å². The maximum atomic E-state index is 13.1. The van der Waals surface area contributed by atoms with Crippen LogP contribution in [0, 0.1) is 5.82 Å². The third-order valence-electron chi connectivity index (χ3n) is 3.43. The summed E-state index contributed by atoms with van der Waals surface area (Å²) in [5, 5.41) is 2.63. The summed E-state index contributed by atoms with van der Waals surface area (Å²) in [5.74, 6) is -1.19. The van der Waals surface area contributed by atoms with E-state index in [1.165, 1.54) is 0 Å².